The maximum atomic E-state index is 13.4. The van der Waals surface area contributed by atoms with Crippen LogP contribution in [0.2, 0.25) is 0 Å². The van der Waals surface area contributed by atoms with Gasteiger partial charge in [0, 0.05) is 23.6 Å². The van der Waals surface area contributed by atoms with Crippen LogP contribution in [-0.4, -0.2) is 36.3 Å². The van der Waals surface area contributed by atoms with Crippen LogP contribution in [0.25, 0.3) is 0 Å². The van der Waals surface area contributed by atoms with Crippen LogP contribution in [0.1, 0.15) is 13.8 Å². The lowest BCUT2D eigenvalue weighted by molar-refractivity contribution is 0.405. The van der Waals surface area contributed by atoms with Gasteiger partial charge in [-0.3, -0.25) is 0 Å². The second-order valence-electron chi connectivity index (χ2n) is 4.73. The van der Waals surface area contributed by atoms with Gasteiger partial charge in [0.2, 0.25) is 10.0 Å². The SMILES string of the molecule is CC1CN(S(=O)(=O)c2cccc(F)c2N)CC(C)S1. The van der Waals surface area contributed by atoms with E-state index in [9.17, 15) is 12.8 Å². The van der Waals surface area contributed by atoms with Crippen molar-refractivity contribution < 1.29 is 12.8 Å². The number of hydrogen-bond acceptors (Lipinski definition) is 4. The molecule has 0 saturated carbocycles. The summed E-state index contributed by atoms with van der Waals surface area (Å²) in [7, 11) is -3.73. The fourth-order valence-corrected chi connectivity index (χ4v) is 5.47. The molecule has 1 aliphatic rings. The van der Waals surface area contributed by atoms with Gasteiger partial charge in [-0.25, -0.2) is 12.8 Å². The molecule has 2 N–H and O–H groups in total. The summed E-state index contributed by atoms with van der Waals surface area (Å²) in [6, 6.07) is 3.88. The summed E-state index contributed by atoms with van der Waals surface area (Å²) >= 11 is 1.75. The van der Waals surface area contributed by atoms with E-state index in [1.807, 2.05) is 13.8 Å². The molecular weight excluding hydrogens is 287 g/mol. The highest BCUT2D eigenvalue weighted by atomic mass is 32.2. The molecule has 1 fully saturated rings. The molecule has 1 saturated heterocycles. The minimum absolute atomic E-state index is 0.140. The predicted molar refractivity (Wildman–Crippen MR) is 76.1 cm³/mol. The van der Waals surface area contributed by atoms with Crippen LogP contribution in [0.3, 0.4) is 0 Å². The second-order valence-corrected chi connectivity index (χ2v) is 8.52. The summed E-state index contributed by atoms with van der Waals surface area (Å²) in [6.07, 6.45) is 0. The highest BCUT2D eigenvalue weighted by Gasteiger charge is 2.33. The predicted octanol–water partition coefficient (Wildman–Crippen LogP) is 1.92. The number of para-hydroxylation sites is 1. The van der Waals surface area contributed by atoms with Crippen LogP contribution in [-0.2, 0) is 10.0 Å². The van der Waals surface area contributed by atoms with Crippen molar-refractivity contribution in [1.82, 2.24) is 4.31 Å². The highest BCUT2D eigenvalue weighted by molar-refractivity contribution is 8.00. The van der Waals surface area contributed by atoms with E-state index in [2.05, 4.69) is 0 Å². The van der Waals surface area contributed by atoms with Gasteiger partial charge in [0.25, 0.3) is 0 Å². The molecule has 0 spiro atoms. The van der Waals surface area contributed by atoms with Crippen molar-refractivity contribution >= 4 is 27.5 Å². The van der Waals surface area contributed by atoms with Crippen molar-refractivity contribution in [3.8, 4) is 0 Å². The Morgan fingerprint density at radius 3 is 2.47 bits per heavy atom. The van der Waals surface area contributed by atoms with E-state index in [1.165, 1.54) is 16.4 Å². The van der Waals surface area contributed by atoms with Gasteiger partial charge in [0.1, 0.15) is 10.7 Å². The first-order valence-electron chi connectivity index (χ1n) is 6.02. The van der Waals surface area contributed by atoms with Crippen molar-refractivity contribution in [3.05, 3.63) is 24.0 Å². The first-order chi connectivity index (χ1) is 8.82. The summed E-state index contributed by atoms with van der Waals surface area (Å²) in [5.41, 5.74) is 5.25. The third kappa shape index (κ3) is 2.88. The average Bonchev–Trinajstić information content (AvgIpc) is 2.31. The number of benzene rings is 1. The van der Waals surface area contributed by atoms with E-state index < -0.39 is 15.8 Å². The van der Waals surface area contributed by atoms with Gasteiger partial charge in [-0.05, 0) is 12.1 Å². The van der Waals surface area contributed by atoms with Gasteiger partial charge < -0.3 is 5.73 Å². The van der Waals surface area contributed by atoms with E-state index in [0.717, 1.165) is 6.07 Å². The number of nitrogens with two attached hydrogens (primary N) is 1. The highest BCUT2D eigenvalue weighted by Crippen LogP contribution is 2.31. The van der Waals surface area contributed by atoms with E-state index >= 15 is 0 Å². The molecule has 0 bridgehead atoms. The Morgan fingerprint density at radius 1 is 1.32 bits per heavy atom. The van der Waals surface area contributed by atoms with Crippen LogP contribution in [0, 0.1) is 5.82 Å². The van der Waals surface area contributed by atoms with E-state index in [4.69, 9.17) is 5.73 Å². The molecule has 2 rings (SSSR count). The van der Waals surface area contributed by atoms with Gasteiger partial charge >= 0.3 is 0 Å². The normalized spacial score (nSPS) is 25.4. The number of sulfonamides is 1. The van der Waals surface area contributed by atoms with Gasteiger partial charge in [-0.2, -0.15) is 16.1 Å². The average molecular weight is 304 g/mol. The van der Waals surface area contributed by atoms with Crippen LogP contribution in [0.4, 0.5) is 10.1 Å². The number of halogens is 1. The third-order valence-electron chi connectivity index (χ3n) is 3.02. The Hall–Kier alpha value is -0.790. The molecule has 0 aliphatic carbocycles. The van der Waals surface area contributed by atoms with Crippen LogP contribution < -0.4 is 5.73 Å². The van der Waals surface area contributed by atoms with Crippen molar-refractivity contribution in [1.29, 1.82) is 0 Å². The van der Waals surface area contributed by atoms with E-state index in [-0.39, 0.29) is 21.1 Å². The number of hydrogen-bond donors (Lipinski definition) is 1. The fraction of sp³-hybridized carbons (Fsp3) is 0.500. The van der Waals surface area contributed by atoms with Crippen molar-refractivity contribution in [2.75, 3.05) is 18.8 Å². The zero-order valence-corrected chi connectivity index (χ0v) is 12.5. The monoisotopic (exact) mass is 304 g/mol. The Kier molecular flexibility index (Phi) is 4.08. The Bertz CT molecular complexity index is 567. The first kappa shape index (κ1) is 14.6. The molecule has 19 heavy (non-hydrogen) atoms. The summed E-state index contributed by atoms with van der Waals surface area (Å²) in [5.74, 6) is -0.700. The number of rotatable bonds is 2. The molecule has 2 unspecified atom stereocenters. The quantitative estimate of drug-likeness (QED) is 0.848. The maximum absolute atomic E-state index is 13.4. The van der Waals surface area contributed by atoms with Crippen molar-refractivity contribution in [2.45, 2.75) is 29.2 Å². The molecule has 4 nitrogen and oxygen atoms in total. The Balaban J connectivity index is 2.39. The second kappa shape index (κ2) is 5.30. The largest absolute Gasteiger partial charge is 0.395 e. The zero-order chi connectivity index (χ0) is 14.2. The third-order valence-corrected chi connectivity index (χ3v) is 6.13. The molecule has 2 atom stereocenters. The lowest BCUT2D eigenvalue weighted by atomic mass is 10.3. The maximum Gasteiger partial charge on any atom is 0.245 e. The van der Waals surface area contributed by atoms with Gasteiger partial charge in [-0.1, -0.05) is 19.9 Å². The summed E-state index contributed by atoms with van der Waals surface area (Å²) in [6.45, 7) is 4.82. The number of nitrogens with zero attached hydrogens (tertiary/aromatic N) is 1. The molecule has 7 heteroatoms. The minimum atomic E-state index is -3.73. The standard InChI is InChI=1S/C12H17FN2O2S2/c1-8-6-15(7-9(2)18-8)19(16,17)11-5-3-4-10(13)12(11)14/h3-5,8-9H,6-7,14H2,1-2H3. The number of anilines is 1. The number of thioether (sulfide) groups is 1. The lowest BCUT2D eigenvalue weighted by Gasteiger charge is -2.33. The zero-order valence-electron chi connectivity index (χ0n) is 10.8. The lowest BCUT2D eigenvalue weighted by Crippen LogP contribution is -2.44. The molecule has 0 radical (unpaired) electrons. The summed E-state index contributed by atoms with van der Waals surface area (Å²) in [4.78, 5) is -0.140. The molecule has 0 aromatic heterocycles. The van der Waals surface area contributed by atoms with E-state index in [0.29, 0.717) is 13.1 Å². The molecular formula is C12H17FN2O2S2. The fourth-order valence-electron chi connectivity index (χ4n) is 2.21. The van der Waals surface area contributed by atoms with Crippen molar-refractivity contribution in [3.63, 3.8) is 0 Å². The molecule has 1 aliphatic heterocycles. The summed E-state index contributed by atoms with van der Waals surface area (Å²) in [5, 5.41) is 0.432. The first-order valence-corrected chi connectivity index (χ1v) is 8.40. The smallest absolute Gasteiger partial charge is 0.245 e. The topological polar surface area (TPSA) is 63.4 Å². The molecule has 1 heterocycles. The van der Waals surface area contributed by atoms with E-state index in [1.54, 1.807) is 11.8 Å². The Morgan fingerprint density at radius 2 is 1.89 bits per heavy atom. The van der Waals surface area contributed by atoms with Gasteiger partial charge in [-0.15, -0.1) is 0 Å². The van der Waals surface area contributed by atoms with Crippen molar-refractivity contribution in [2.24, 2.45) is 0 Å². The van der Waals surface area contributed by atoms with Crippen LogP contribution in [0.15, 0.2) is 23.1 Å². The molecule has 106 valence electrons. The van der Waals surface area contributed by atoms with Crippen LogP contribution >= 0.6 is 11.8 Å². The molecule has 1 aromatic carbocycles. The van der Waals surface area contributed by atoms with Gasteiger partial charge in [0.15, 0.2) is 0 Å². The van der Waals surface area contributed by atoms with Gasteiger partial charge in [0.05, 0.1) is 5.69 Å². The van der Waals surface area contributed by atoms with Crippen LogP contribution in [0.5, 0.6) is 0 Å². The molecule has 0 amide bonds. The Labute approximate surface area is 117 Å². The summed E-state index contributed by atoms with van der Waals surface area (Å²) < 4.78 is 39.9. The molecule has 1 aromatic rings. The minimum Gasteiger partial charge on any atom is -0.395 e. The number of nitrogen functional groups attached to an aromatic ring is 1.